The van der Waals surface area contributed by atoms with E-state index in [9.17, 15) is 22.0 Å². The number of sulfone groups is 1. The molecule has 5 nitrogen and oxygen atoms in total. The Morgan fingerprint density at radius 2 is 1.91 bits per heavy atom. The molecule has 8 heteroatoms. The van der Waals surface area contributed by atoms with Gasteiger partial charge in [-0.1, -0.05) is 19.9 Å². The van der Waals surface area contributed by atoms with Crippen molar-refractivity contribution >= 4 is 21.4 Å². The zero-order valence-corrected chi connectivity index (χ0v) is 13.3. The van der Waals surface area contributed by atoms with E-state index in [1.807, 2.05) is 13.8 Å². The average Bonchev–Trinajstić information content (AvgIpc) is 2.49. The van der Waals surface area contributed by atoms with Crippen LogP contribution in [-0.2, 0) is 14.6 Å². The minimum absolute atomic E-state index is 0.140. The van der Waals surface area contributed by atoms with Crippen molar-refractivity contribution in [3.63, 3.8) is 0 Å². The highest BCUT2D eigenvalue weighted by Crippen LogP contribution is 2.28. The predicted molar refractivity (Wildman–Crippen MR) is 80.3 cm³/mol. The highest BCUT2D eigenvalue weighted by molar-refractivity contribution is 7.91. The van der Waals surface area contributed by atoms with E-state index in [0.29, 0.717) is 12.8 Å². The Labute approximate surface area is 128 Å². The van der Waals surface area contributed by atoms with Gasteiger partial charge < -0.3 is 11.1 Å². The molecule has 124 valence electrons. The first kappa shape index (κ1) is 18.5. The fourth-order valence-corrected chi connectivity index (χ4v) is 2.84. The molecule has 1 amide bonds. The Morgan fingerprint density at radius 1 is 1.32 bits per heavy atom. The molecular weight excluding hydrogens is 314 g/mol. The van der Waals surface area contributed by atoms with Crippen LogP contribution in [0.1, 0.15) is 26.7 Å². The van der Waals surface area contributed by atoms with Gasteiger partial charge in [0.2, 0.25) is 15.7 Å². The highest BCUT2D eigenvalue weighted by atomic mass is 32.2. The zero-order chi connectivity index (χ0) is 17.0. The van der Waals surface area contributed by atoms with E-state index >= 15 is 0 Å². The molecule has 0 aliphatic rings. The van der Waals surface area contributed by atoms with Crippen LogP contribution >= 0.6 is 0 Å². The van der Waals surface area contributed by atoms with E-state index in [4.69, 9.17) is 5.73 Å². The second-order valence-electron chi connectivity index (χ2n) is 4.98. The second-order valence-corrected chi connectivity index (χ2v) is 6.90. The first-order chi connectivity index (χ1) is 10.2. The molecule has 1 aromatic rings. The third-order valence-corrected chi connectivity index (χ3v) is 5.26. The summed E-state index contributed by atoms with van der Waals surface area (Å²) in [7, 11) is -4.70. The molecule has 0 fully saturated rings. The number of hydrogen-bond donors (Lipinski definition) is 2. The molecule has 0 radical (unpaired) electrons. The summed E-state index contributed by atoms with van der Waals surface area (Å²) < 4.78 is 48.0. The number of rotatable bonds is 7. The van der Waals surface area contributed by atoms with Gasteiger partial charge in [0, 0.05) is 12.2 Å². The lowest BCUT2D eigenvalue weighted by atomic mass is 9.81. The molecule has 1 aromatic carbocycles. The molecule has 22 heavy (non-hydrogen) atoms. The van der Waals surface area contributed by atoms with Gasteiger partial charge in [0.05, 0.1) is 10.3 Å². The van der Waals surface area contributed by atoms with E-state index in [2.05, 4.69) is 5.32 Å². The van der Waals surface area contributed by atoms with Gasteiger partial charge in [0.25, 0.3) is 0 Å². The topological polar surface area (TPSA) is 89.3 Å². The molecule has 0 aromatic heterocycles. The third-order valence-electron chi connectivity index (χ3n) is 3.88. The molecule has 0 atom stereocenters. The van der Waals surface area contributed by atoms with Crippen LogP contribution in [0, 0.1) is 5.41 Å². The van der Waals surface area contributed by atoms with Crippen LogP contribution < -0.4 is 11.1 Å². The van der Waals surface area contributed by atoms with Gasteiger partial charge in [0.15, 0.2) is 0 Å². The van der Waals surface area contributed by atoms with Crippen molar-refractivity contribution in [3.8, 4) is 0 Å². The second kappa shape index (κ2) is 7.15. The van der Waals surface area contributed by atoms with Gasteiger partial charge >= 0.3 is 5.76 Å². The molecule has 0 spiro atoms. The number of carbonyl (C=O) groups is 1. The maximum absolute atomic E-state index is 12.6. The molecule has 0 unspecified atom stereocenters. The predicted octanol–water partition coefficient (Wildman–Crippen LogP) is 2.39. The summed E-state index contributed by atoms with van der Waals surface area (Å²) in [5.41, 5.74) is 5.04. The summed E-state index contributed by atoms with van der Waals surface area (Å²) in [5, 5.41) is 2.56. The molecule has 1 rings (SSSR count). The van der Waals surface area contributed by atoms with Crippen LogP contribution in [0.25, 0.3) is 0 Å². The number of amides is 1. The van der Waals surface area contributed by atoms with Gasteiger partial charge in [-0.15, -0.1) is 0 Å². The average molecular weight is 334 g/mol. The largest absolute Gasteiger partial charge is 0.341 e. The van der Waals surface area contributed by atoms with Gasteiger partial charge in [-0.3, -0.25) is 4.79 Å². The van der Waals surface area contributed by atoms with E-state index in [1.54, 1.807) is 0 Å². The van der Waals surface area contributed by atoms with Gasteiger partial charge in [-0.05, 0) is 31.0 Å². The van der Waals surface area contributed by atoms with Crippen LogP contribution in [0.2, 0.25) is 0 Å². The third kappa shape index (κ3) is 3.61. The molecule has 0 heterocycles. The van der Waals surface area contributed by atoms with Crippen molar-refractivity contribution in [1.82, 2.24) is 0 Å². The van der Waals surface area contributed by atoms with E-state index in [1.165, 1.54) is 12.1 Å². The monoisotopic (exact) mass is 334 g/mol. The number of nitrogens with two attached hydrogens (primary N) is 1. The van der Waals surface area contributed by atoms with Gasteiger partial charge in [-0.2, -0.15) is 8.78 Å². The molecule has 0 saturated heterocycles. The van der Waals surface area contributed by atoms with Gasteiger partial charge in [-0.25, -0.2) is 8.42 Å². The fourth-order valence-electron chi connectivity index (χ4n) is 2.07. The number of hydrogen-bond acceptors (Lipinski definition) is 4. The summed E-state index contributed by atoms with van der Waals surface area (Å²) in [4.78, 5) is 11.8. The Kier molecular flexibility index (Phi) is 6.01. The number of benzene rings is 1. The summed E-state index contributed by atoms with van der Waals surface area (Å²) in [5.74, 6) is -3.86. The molecule has 0 bridgehead atoms. The Bertz CT molecular complexity index is 620. The Hall–Kier alpha value is -1.54. The summed E-state index contributed by atoms with van der Waals surface area (Å²) in [6, 6.07) is 4.82. The van der Waals surface area contributed by atoms with Crippen molar-refractivity contribution in [3.05, 3.63) is 24.3 Å². The van der Waals surface area contributed by atoms with E-state index in [-0.39, 0.29) is 18.1 Å². The number of halogens is 2. The van der Waals surface area contributed by atoms with Crippen LogP contribution in [0.5, 0.6) is 0 Å². The van der Waals surface area contributed by atoms with Crippen LogP contribution in [0.3, 0.4) is 0 Å². The van der Waals surface area contributed by atoms with Crippen molar-refractivity contribution in [2.45, 2.75) is 37.3 Å². The maximum atomic E-state index is 12.6. The lowest BCUT2D eigenvalue weighted by Crippen LogP contribution is -2.41. The number of carbonyl (C=O) groups excluding carboxylic acids is 1. The number of anilines is 1. The first-order valence-electron chi connectivity index (χ1n) is 6.87. The highest BCUT2D eigenvalue weighted by Gasteiger charge is 2.33. The van der Waals surface area contributed by atoms with Crippen LogP contribution in [0.15, 0.2) is 29.2 Å². The standard InChI is InChI=1S/C14H20F2N2O3S/c1-3-14(4-2,9-17)12(19)18-10-6-5-7-11(8-10)22(20,21)13(15)16/h5-8,13H,3-4,9,17H2,1-2H3,(H,18,19). The minimum atomic E-state index is -4.70. The number of nitrogens with one attached hydrogen (secondary N) is 1. The maximum Gasteiger partial charge on any atom is 0.341 e. The summed E-state index contributed by atoms with van der Waals surface area (Å²) in [6.07, 6.45) is 1.03. The fraction of sp³-hybridized carbons (Fsp3) is 0.500. The molecule has 3 N–H and O–H groups in total. The Morgan fingerprint density at radius 3 is 2.36 bits per heavy atom. The summed E-state index contributed by atoms with van der Waals surface area (Å²) in [6.45, 7) is 3.79. The van der Waals surface area contributed by atoms with E-state index < -0.39 is 25.9 Å². The van der Waals surface area contributed by atoms with Crippen LogP contribution in [-0.4, -0.2) is 26.6 Å². The zero-order valence-electron chi connectivity index (χ0n) is 12.5. The van der Waals surface area contributed by atoms with Crippen molar-refractivity contribution in [2.24, 2.45) is 11.1 Å². The van der Waals surface area contributed by atoms with Crippen molar-refractivity contribution < 1.29 is 22.0 Å². The summed E-state index contributed by atoms with van der Waals surface area (Å²) >= 11 is 0. The molecular formula is C14H20F2N2O3S. The number of alkyl halides is 2. The minimum Gasteiger partial charge on any atom is -0.329 e. The molecule has 0 aliphatic heterocycles. The molecule has 0 aliphatic carbocycles. The molecule has 0 saturated carbocycles. The first-order valence-corrected chi connectivity index (χ1v) is 8.41. The lowest BCUT2D eigenvalue weighted by Gasteiger charge is -2.28. The van der Waals surface area contributed by atoms with Crippen molar-refractivity contribution in [2.75, 3.05) is 11.9 Å². The Balaban J connectivity index is 3.09. The SMILES string of the molecule is CCC(CC)(CN)C(=O)Nc1cccc(S(=O)(=O)C(F)F)c1. The quantitative estimate of drug-likeness (QED) is 0.801. The normalized spacial score (nSPS) is 12.5. The smallest absolute Gasteiger partial charge is 0.329 e. The lowest BCUT2D eigenvalue weighted by molar-refractivity contribution is -0.125. The van der Waals surface area contributed by atoms with Crippen LogP contribution in [0.4, 0.5) is 14.5 Å². The van der Waals surface area contributed by atoms with Gasteiger partial charge in [0.1, 0.15) is 0 Å². The van der Waals surface area contributed by atoms with Crippen molar-refractivity contribution in [1.29, 1.82) is 0 Å². The van der Waals surface area contributed by atoms with E-state index in [0.717, 1.165) is 12.1 Å².